The molecular weight excluding hydrogens is 480 g/mol. The third-order valence-electron chi connectivity index (χ3n) is 6.07. The molecule has 0 spiro atoms. The molecule has 0 saturated heterocycles. The fourth-order valence-electron chi connectivity index (χ4n) is 4.39. The zero-order valence-electron chi connectivity index (χ0n) is 19.9. The maximum Gasteiger partial charge on any atom is 0.264 e. The smallest absolute Gasteiger partial charge is 0.264 e. The molecule has 1 aliphatic carbocycles. The van der Waals surface area contributed by atoms with E-state index >= 15 is 0 Å². The molecule has 1 atom stereocenters. The van der Waals surface area contributed by atoms with Gasteiger partial charge in [0.05, 0.1) is 23.2 Å². The number of sulfonamides is 1. The Kier molecular flexibility index (Phi) is 8.03. The SMILES string of the molecule is CCOc1ccccc1N(CC(=O)N[C@H]1CCCc2ccccc21)S(=O)(=O)c1ccc(SC)cc1. The Morgan fingerprint density at radius 1 is 1.06 bits per heavy atom. The number of nitrogens with zero attached hydrogens (tertiary/aromatic N) is 1. The highest BCUT2D eigenvalue weighted by Gasteiger charge is 2.31. The van der Waals surface area contributed by atoms with E-state index in [2.05, 4.69) is 11.4 Å². The Morgan fingerprint density at radius 3 is 2.51 bits per heavy atom. The second kappa shape index (κ2) is 11.2. The van der Waals surface area contributed by atoms with E-state index in [1.54, 1.807) is 48.5 Å². The van der Waals surface area contributed by atoms with Gasteiger partial charge in [-0.25, -0.2) is 8.42 Å². The monoisotopic (exact) mass is 510 g/mol. The quantitative estimate of drug-likeness (QED) is 0.401. The lowest BCUT2D eigenvalue weighted by atomic mass is 9.88. The van der Waals surface area contributed by atoms with Crippen LogP contribution in [0.25, 0.3) is 0 Å². The number of rotatable bonds is 9. The average molecular weight is 511 g/mol. The van der Waals surface area contributed by atoms with Gasteiger partial charge in [-0.2, -0.15) is 0 Å². The first-order chi connectivity index (χ1) is 16.9. The van der Waals surface area contributed by atoms with Crippen LogP contribution >= 0.6 is 11.8 Å². The summed E-state index contributed by atoms with van der Waals surface area (Å²) in [6.07, 6.45) is 4.71. The molecule has 0 aromatic heterocycles. The maximum absolute atomic E-state index is 13.8. The van der Waals surface area contributed by atoms with Crippen molar-refractivity contribution in [3.8, 4) is 5.75 Å². The van der Waals surface area contributed by atoms with Crippen molar-refractivity contribution in [1.82, 2.24) is 5.32 Å². The van der Waals surface area contributed by atoms with Crippen molar-refractivity contribution in [3.63, 3.8) is 0 Å². The second-order valence-electron chi connectivity index (χ2n) is 8.30. The third-order valence-corrected chi connectivity index (χ3v) is 8.59. The molecule has 6 nitrogen and oxygen atoms in total. The molecule has 1 N–H and O–H groups in total. The van der Waals surface area contributed by atoms with Crippen molar-refractivity contribution in [2.45, 2.75) is 42.0 Å². The van der Waals surface area contributed by atoms with Gasteiger partial charge in [-0.3, -0.25) is 9.10 Å². The lowest BCUT2D eigenvalue weighted by Crippen LogP contribution is -2.42. The molecule has 3 aromatic rings. The Morgan fingerprint density at radius 2 is 1.77 bits per heavy atom. The first kappa shape index (κ1) is 25.1. The zero-order valence-corrected chi connectivity index (χ0v) is 21.6. The summed E-state index contributed by atoms with van der Waals surface area (Å²) in [4.78, 5) is 14.4. The van der Waals surface area contributed by atoms with Crippen LogP contribution in [0.5, 0.6) is 5.75 Å². The first-order valence-corrected chi connectivity index (χ1v) is 14.4. The Balaban J connectivity index is 1.67. The van der Waals surface area contributed by atoms with Crippen molar-refractivity contribution in [2.75, 3.05) is 23.7 Å². The molecule has 0 bridgehead atoms. The van der Waals surface area contributed by atoms with Gasteiger partial charge in [0.1, 0.15) is 12.3 Å². The van der Waals surface area contributed by atoms with Crippen LogP contribution < -0.4 is 14.4 Å². The normalized spacial score (nSPS) is 15.2. The minimum atomic E-state index is -4.03. The highest BCUT2D eigenvalue weighted by Crippen LogP contribution is 2.34. The van der Waals surface area contributed by atoms with Crippen molar-refractivity contribution < 1.29 is 17.9 Å². The molecule has 1 amide bonds. The van der Waals surface area contributed by atoms with E-state index < -0.39 is 10.0 Å². The van der Waals surface area contributed by atoms with Gasteiger partial charge in [-0.1, -0.05) is 36.4 Å². The molecule has 35 heavy (non-hydrogen) atoms. The number of ether oxygens (including phenoxy) is 1. The molecule has 0 fully saturated rings. The Labute approximate surface area is 211 Å². The maximum atomic E-state index is 13.8. The van der Waals surface area contributed by atoms with Crippen LogP contribution in [-0.4, -0.2) is 33.7 Å². The van der Waals surface area contributed by atoms with Crippen LogP contribution in [0.2, 0.25) is 0 Å². The number of hydrogen-bond acceptors (Lipinski definition) is 5. The van der Waals surface area contributed by atoms with E-state index in [0.717, 1.165) is 34.0 Å². The molecule has 1 aliphatic rings. The lowest BCUT2D eigenvalue weighted by Gasteiger charge is -2.29. The third kappa shape index (κ3) is 5.65. The topological polar surface area (TPSA) is 75.7 Å². The van der Waals surface area contributed by atoms with Crippen LogP contribution in [0.4, 0.5) is 5.69 Å². The van der Waals surface area contributed by atoms with Crippen molar-refractivity contribution in [1.29, 1.82) is 0 Å². The van der Waals surface area contributed by atoms with Crippen LogP contribution in [0, 0.1) is 0 Å². The summed E-state index contributed by atoms with van der Waals surface area (Å²) in [5.74, 6) is 0.0532. The number of carbonyl (C=O) groups is 1. The summed E-state index contributed by atoms with van der Waals surface area (Å²) in [5, 5.41) is 3.08. The fraction of sp³-hybridized carbons (Fsp3) is 0.296. The van der Waals surface area contributed by atoms with Crippen LogP contribution in [0.3, 0.4) is 0 Å². The van der Waals surface area contributed by atoms with Gasteiger partial charge in [0, 0.05) is 4.90 Å². The summed E-state index contributed by atoms with van der Waals surface area (Å²) in [6.45, 7) is 1.86. The number of amides is 1. The zero-order chi connectivity index (χ0) is 24.8. The van der Waals surface area contributed by atoms with Crippen LogP contribution in [-0.2, 0) is 21.2 Å². The summed E-state index contributed by atoms with van der Waals surface area (Å²) in [6, 6.07) is 21.5. The molecule has 8 heteroatoms. The standard InChI is InChI=1S/C27H30N2O4S2/c1-3-33-26-14-7-6-13-25(26)29(35(31,32)22-17-15-21(34-2)16-18-22)19-27(30)28-24-12-8-10-20-9-4-5-11-23(20)24/h4-7,9,11,13-18,24H,3,8,10,12,19H2,1-2H3,(H,28,30)/t24-/m0/s1. The van der Waals surface area contributed by atoms with E-state index in [0.29, 0.717) is 18.0 Å². The van der Waals surface area contributed by atoms with E-state index in [1.165, 1.54) is 17.3 Å². The number of nitrogens with one attached hydrogen (secondary N) is 1. The van der Waals surface area contributed by atoms with E-state index in [1.807, 2.05) is 31.4 Å². The second-order valence-corrected chi connectivity index (χ2v) is 11.0. The van der Waals surface area contributed by atoms with Gasteiger partial charge in [-0.05, 0) is 80.0 Å². The lowest BCUT2D eigenvalue weighted by molar-refractivity contribution is -0.120. The van der Waals surface area contributed by atoms with Gasteiger partial charge in [0.15, 0.2) is 0 Å². The van der Waals surface area contributed by atoms with Crippen LogP contribution in [0.1, 0.15) is 36.9 Å². The van der Waals surface area contributed by atoms with Crippen molar-refractivity contribution in [3.05, 3.63) is 83.9 Å². The summed E-state index contributed by atoms with van der Waals surface area (Å²) in [5.41, 5.74) is 2.66. The van der Waals surface area contributed by atoms with Gasteiger partial charge < -0.3 is 10.1 Å². The highest BCUT2D eigenvalue weighted by molar-refractivity contribution is 7.98. The number of para-hydroxylation sites is 2. The number of benzene rings is 3. The van der Waals surface area contributed by atoms with Crippen molar-refractivity contribution >= 4 is 33.4 Å². The number of aryl methyl sites for hydroxylation is 1. The minimum absolute atomic E-state index is 0.123. The predicted octanol–water partition coefficient (Wildman–Crippen LogP) is 5.20. The molecule has 3 aromatic carbocycles. The molecule has 0 aliphatic heterocycles. The number of thioether (sulfide) groups is 1. The van der Waals surface area contributed by atoms with Gasteiger partial charge in [-0.15, -0.1) is 11.8 Å². The number of anilines is 1. The molecule has 0 radical (unpaired) electrons. The summed E-state index contributed by atoms with van der Waals surface area (Å²) >= 11 is 1.53. The van der Waals surface area contributed by atoms with E-state index in [4.69, 9.17) is 4.74 Å². The number of hydrogen-bond donors (Lipinski definition) is 1. The fourth-order valence-corrected chi connectivity index (χ4v) is 6.23. The molecule has 0 saturated carbocycles. The number of carbonyl (C=O) groups excluding carboxylic acids is 1. The Bertz CT molecular complexity index is 1280. The van der Waals surface area contributed by atoms with E-state index in [9.17, 15) is 13.2 Å². The molecule has 0 heterocycles. The predicted molar refractivity (Wildman–Crippen MR) is 141 cm³/mol. The van der Waals surface area contributed by atoms with E-state index in [-0.39, 0.29) is 23.4 Å². The minimum Gasteiger partial charge on any atom is -0.492 e. The largest absolute Gasteiger partial charge is 0.492 e. The van der Waals surface area contributed by atoms with Gasteiger partial charge in [0.25, 0.3) is 10.0 Å². The molecular formula is C27H30N2O4S2. The van der Waals surface area contributed by atoms with Gasteiger partial charge in [0.2, 0.25) is 5.91 Å². The van der Waals surface area contributed by atoms with Crippen LogP contribution in [0.15, 0.2) is 82.6 Å². The average Bonchev–Trinajstić information content (AvgIpc) is 2.88. The molecule has 4 rings (SSSR count). The highest BCUT2D eigenvalue weighted by atomic mass is 32.2. The summed E-state index contributed by atoms with van der Waals surface area (Å²) < 4.78 is 34.5. The first-order valence-electron chi connectivity index (χ1n) is 11.7. The van der Waals surface area contributed by atoms with Gasteiger partial charge >= 0.3 is 0 Å². The molecule has 0 unspecified atom stereocenters. The van der Waals surface area contributed by atoms with Crippen molar-refractivity contribution in [2.24, 2.45) is 0 Å². The summed E-state index contributed by atoms with van der Waals surface area (Å²) in [7, 11) is -4.03. The number of fused-ring (bicyclic) bond motifs is 1. The Hall–Kier alpha value is -2.97. The molecule has 184 valence electrons.